The highest BCUT2D eigenvalue weighted by Crippen LogP contribution is 2.27. The molecular weight excluding hydrogens is 380 g/mol. The van der Waals surface area contributed by atoms with E-state index in [2.05, 4.69) is 34.4 Å². The third-order valence-corrected chi connectivity index (χ3v) is 5.69. The second-order valence-electron chi connectivity index (χ2n) is 7.75. The number of fused-ring (bicyclic) bond motifs is 1. The minimum absolute atomic E-state index is 0.0196. The number of pyridine rings is 1. The van der Waals surface area contributed by atoms with E-state index >= 15 is 0 Å². The van der Waals surface area contributed by atoms with Crippen LogP contribution in [0.5, 0.6) is 5.75 Å². The first-order valence-electron chi connectivity index (χ1n) is 11.0. The SMILES string of the molecule is CCC(CC)CNCCCOc1ccncc1NC(=O)c1c[nH]c2c1C(=O)CCC2. The molecule has 0 atom stereocenters. The molecule has 1 aliphatic carbocycles. The fraction of sp³-hybridized carbons (Fsp3) is 0.522. The zero-order chi connectivity index (χ0) is 21.3. The largest absolute Gasteiger partial charge is 0.491 e. The van der Waals surface area contributed by atoms with Gasteiger partial charge in [0.2, 0.25) is 0 Å². The second-order valence-corrected chi connectivity index (χ2v) is 7.75. The van der Waals surface area contributed by atoms with Crippen molar-refractivity contribution in [2.24, 2.45) is 5.92 Å². The lowest BCUT2D eigenvalue weighted by molar-refractivity contribution is 0.0956. The summed E-state index contributed by atoms with van der Waals surface area (Å²) < 4.78 is 5.88. The van der Waals surface area contributed by atoms with Crippen LogP contribution in [0.15, 0.2) is 24.7 Å². The number of H-pyrrole nitrogens is 1. The molecule has 30 heavy (non-hydrogen) atoms. The predicted octanol–water partition coefficient (Wildman–Crippen LogP) is 3.98. The number of ketones is 1. The lowest BCUT2D eigenvalue weighted by Crippen LogP contribution is -2.24. The van der Waals surface area contributed by atoms with Gasteiger partial charge in [0.25, 0.3) is 5.91 Å². The van der Waals surface area contributed by atoms with Crippen LogP contribution in [0.4, 0.5) is 5.69 Å². The molecule has 0 radical (unpaired) electrons. The van der Waals surface area contributed by atoms with E-state index in [1.165, 1.54) is 12.8 Å². The summed E-state index contributed by atoms with van der Waals surface area (Å²) in [6.07, 6.45) is 10.2. The normalized spacial score (nSPS) is 13.4. The fourth-order valence-electron chi connectivity index (χ4n) is 3.77. The summed E-state index contributed by atoms with van der Waals surface area (Å²) in [5, 5.41) is 6.33. The Balaban J connectivity index is 1.54. The zero-order valence-electron chi connectivity index (χ0n) is 17.9. The fourth-order valence-corrected chi connectivity index (χ4v) is 3.77. The van der Waals surface area contributed by atoms with Gasteiger partial charge in [0.05, 0.1) is 23.9 Å². The zero-order valence-corrected chi connectivity index (χ0v) is 17.9. The van der Waals surface area contributed by atoms with Crippen LogP contribution >= 0.6 is 0 Å². The molecule has 0 saturated carbocycles. The number of nitrogens with zero attached hydrogens (tertiary/aromatic N) is 1. The van der Waals surface area contributed by atoms with Crippen molar-refractivity contribution in [3.63, 3.8) is 0 Å². The Morgan fingerprint density at radius 3 is 2.93 bits per heavy atom. The van der Waals surface area contributed by atoms with E-state index in [0.717, 1.165) is 44.0 Å². The Morgan fingerprint density at radius 2 is 2.13 bits per heavy atom. The van der Waals surface area contributed by atoms with Crippen molar-refractivity contribution >= 4 is 17.4 Å². The van der Waals surface area contributed by atoms with Crippen LogP contribution in [0.1, 0.15) is 72.4 Å². The minimum Gasteiger partial charge on any atom is -0.491 e. The first kappa shape index (κ1) is 22.0. The number of carbonyl (C=O) groups is 2. The molecule has 0 saturated heterocycles. The summed E-state index contributed by atoms with van der Waals surface area (Å²) in [5.74, 6) is 0.992. The number of rotatable bonds is 11. The van der Waals surface area contributed by atoms with Gasteiger partial charge in [0.15, 0.2) is 5.78 Å². The van der Waals surface area contributed by atoms with Crippen molar-refractivity contribution in [2.75, 3.05) is 25.0 Å². The smallest absolute Gasteiger partial charge is 0.258 e. The van der Waals surface area contributed by atoms with E-state index in [9.17, 15) is 9.59 Å². The summed E-state index contributed by atoms with van der Waals surface area (Å²) in [6.45, 7) is 6.90. The molecule has 0 aliphatic heterocycles. The van der Waals surface area contributed by atoms with Gasteiger partial charge in [0.1, 0.15) is 11.4 Å². The summed E-state index contributed by atoms with van der Waals surface area (Å²) in [5.41, 5.74) is 2.26. The number of aromatic nitrogens is 2. The van der Waals surface area contributed by atoms with Crippen molar-refractivity contribution in [3.8, 4) is 5.75 Å². The van der Waals surface area contributed by atoms with Crippen LogP contribution < -0.4 is 15.4 Å². The predicted molar refractivity (Wildman–Crippen MR) is 117 cm³/mol. The van der Waals surface area contributed by atoms with E-state index in [0.29, 0.717) is 35.6 Å². The number of aromatic amines is 1. The Kier molecular flexibility index (Phi) is 8.02. The van der Waals surface area contributed by atoms with Crippen LogP contribution in [0.25, 0.3) is 0 Å². The maximum atomic E-state index is 12.8. The van der Waals surface area contributed by atoms with Crippen LogP contribution in [0.3, 0.4) is 0 Å². The Labute approximate surface area is 178 Å². The number of amides is 1. The summed E-state index contributed by atoms with van der Waals surface area (Å²) in [7, 11) is 0. The highest BCUT2D eigenvalue weighted by atomic mass is 16.5. The first-order valence-corrected chi connectivity index (χ1v) is 11.0. The molecule has 0 bridgehead atoms. The van der Waals surface area contributed by atoms with Crippen molar-refractivity contribution in [1.82, 2.24) is 15.3 Å². The number of anilines is 1. The van der Waals surface area contributed by atoms with Crippen LogP contribution in [-0.4, -0.2) is 41.4 Å². The average Bonchev–Trinajstić information content (AvgIpc) is 3.20. The molecule has 7 nitrogen and oxygen atoms in total. The van der Waals surface area contributed by atoms with Crippen molar-refractivity contribution in [2.45, 2.75) is 52.4 Å². The number of Topliss-reactive ketones (excluding diaryl/α,β-unsaturated/α-hetero) is 1. The van der Waals surface area contributed by atoms with Crippen LogP contribution in [0.2, 0.25) is 0 Å². The lowest BCUT2D eigenvalue weighted by Gasteiger charge is -2.15. The van der Waals surface area contributed by atoms with Gasteiger partial charge in [0, 0.05) is 30.6 Å². The molecule has 0 unspecified atom stereocenters. The molecule has 0 fully saturated rings. The number of ether oxygens (including phenoxy) is 1. The molecule has 2 heterocycles. The van der Waals surface area contributed by atoms with E-state index < -0.39 is 0 Å². The van der Waals surface area contributed by atoms with Gasteiger partial charge in [-0.05, 0) is 38.3 Å². The lowest BCUT2D eigenvalue weighted by atomic mass is 9.93. The minimum atomic E-state index is -0.326. The Morgan fingerprint density at radius 1 is 1.30 bits per heavy atom. The highest BCUT2D eigenvalue weighted by molar-refractivity contribution is 6.13. The first-order chi connectivity index (χ1) is 14.6. The topological polar surface area (TPSA) is 96.1 Å². The standard InChI is InChI=1S/C23H32N4O3/c1-3-16(4-2)13-24-10-6-12-30-21-9-11-25-15-19(21)27-23(29)17-14-26-18-7-5-8-20(28)22(17)18/h9,11,14-16,24,26H,3-8,10,12-13H2,1-2H3,(H,27,29). The molecule has 1 aliphatic rings. The number of hydrogen-bond acceptors (Lipinski definition) is 5. The molecular formula is C23H32N4O3. The van der Waals surface area contributed by atoms with Crippen molar-refractivity contribution in [1.29, 1.82) is 0 Å². The number of hydrogen-bond donors (Lipinski definition) is 3. The summed E-state index contributed by atoms with van der Waals surface area (Å²) in [4.78, 5) is 32.2. The molecule has 7 heteroatoms. The van der Waals surface area contributed by atoms with Crippen molar-refractivity contribution < 1.29 is 14.3 Å². The highest BCUT2D eigenvalue weighted by Gasteiger charge is 2.26. The Bertz CT molecular complexity index is 858. The molecule has 0 aromatic carbocycles. The molecule has 162 valence electrons. The molecule has 3 N–H and O–H groups in total. The quantitative estimate of drug-likeness (QED) is 0.485. The van der Waals surface area contributed by atoms with E-state index in [1.54, 1.807) is 24.7 Å². The van der Waals surface area contributed by atoms with Crippen LogP contribution in [0, 0.1) is 5.92 Å². The molecule has 2 aromatic heterocycles. The second kappa shape index (κ2) is 10.9. The summed E-state index contributed by atoms with van der Waals surface area (Å²) >= 11 is 0. The third-order valence-electron chi connectivity index (χ3n) is 5.69. The monoisotopic (exact) mass is 412 g/mol. The maximum Gasteiger partial charge on any atom is 0.258 e. The molecule has 3 rings (SSSR count). The van der Waals surface area contributed by atoms with E-state index in [4.69, 9.17) is 4.74 Å². The van der Waals surface area contributed by atoms with E-state index in [1.807, 2.05) is 0 Å². The van der Waals surface area contributed by atoms with Gasteiger partial charge in [-0.2, -0.15) is 0 Å². The summed E-state index contributed by atoms with van der Waals surface area (Å²) in [6, 6.07) is 1.74. The van der Waals surface area contributed by atoms with Gasteiger partial charge >= 0.3 is 0 Å². The number of nitrogens with one attached hydrogen (secondary N) is 3. The van der Waals surface area contributed by atoms with Gasteiger partial charge in [-0.1, -0.05) is 26.7 Å². The molecule has 0 spiro atoms. The van der Waals surface area contributed by atoms with Gasteiger partial charge < -0.3 is 20.4 Å². The average molecular weight is 413 g/mol. The Hall–Kier alpha value is -2.67. The number of carbonyl (C=O) groups excluding carboxylic acids is 2. The molecule has 1 amide bonds. The van der Waals surface area contributed by atoms with Gasteiger partial charge in [-0.25, -0.2) is 0 Å². The van der Waals surface area contributed by atoms with E-state index in [-0.39, 0.29) is 11.7 Å². The third kappa shape index (κ3) is 5.48. The van der Waals surface area contributed by atoms with Crippen LogP contribution in [-0.2, 0) is 6.42 Å². The number of aryl methyl sites for hydroxylation is 1. The van der Waals surface area contributed by atoms with Crippen molar-refractivity contribution in [3.05, 3.63) is 41.5 Å². The maximum absolute atomic E-state index is 12.8. The van der Waals surface area contributed by atoms with Gasteiger partial charge in [-0.3, -0.25) is 14.6 Å². The molecule has 2 aromatic rings. The van der Waals surface area contributed by atoms with Gasteiger partial charge in [-0.15, -0.1) is 0 Å².